The van der Waals surface area contributed by atoms with Crippen LogP contribution in [0.2, 0.25) is 0 Å². The number of carbonyl (C=O) groups excluding carboxylic acids is 1. The number of carbonyl (C=O) groups is 1. The van der Waals surface area contributed by atoms with E-state index in [1.54, 1.807) is 4.90 Å². The fourth-order valence-corrected chi connectivity index (χ4v) is 2.50. The van der Waals surface area contributed by atoms with Gasteiger partial charge in [0.2, 0.25) is 0 Å². The predicted molar refractivity (Wildman–Crippen MR) is 72.6 cm³/mol. The zero-order valence-corrected chi connectivity index (χ0v) is 12.1. The van der Waals surface area contributed by atoms with E-state index < -0.39 is 0 Å². The van der Waals surface area contributed by atoms with E-state index >= 15 is 0 Å². The van der Waals surface area contributed by atoms with E-state index in [0.29, 0.717) is 12.5 Å². The highest BCUT2D eigenvalue weighted by Gasteiger charge is 2.23. The van der Waals surface area contributed by atoms with Crippen molar-refractivity contribution in [2.24, 2.45) is 5.92 Å². The van der Waals surface area contributed by atoms with E-state index in [2.05, 4.69) is 18.7 Å². The van der Waals surface area contributed by atoms with E-state index in [0.717, 1.165) is 26.2 Å². The molecular weight excluding hydrogens is 236 g/mol. The topological polar surface area (TPSA) is 32.8 Å². The van der Waals surface area contributed by atoms with Gasteiger partial charge in [-0.05, 0) is 12.2 Å². The third kappa shape index (κ3) is 5.27. The summed E-state index contributed by atoms with van der Waals surface area (Å²) in [5.74, 6) is 0.680. The van der Waals surface area contributed by atoms with E-state index in [9.17, 15) is 4.79 Å². The number of morpholine rings is 1. The lowest BCUT2D eigenvalue weighted by Gasteiger charge is -2.35. The normalized spacial score (nSPS) is 21.8. The molecule has 17 heavy (non-hydrogen) atoms. The second-order valence-electron chi connectivity index (χ2n) is 5.00. The minimum Gasteiger partial charge on any atom is -0.374 e. The van der Waals surface area contributed by atoms with Gasteiger partial charge in [0.1, 0.15) is 0 Å². The Balaban J connectivity index is 2.36. The molecule has 1 saturated heterocycles. The van der Waals surface area contributed by atoms with Crippen molar-refractivity contribution in [2.45, 2.75) is 20.0 Å². The molecule has 0 spiro atoms. The predicted octanol–water partition coefficient (Wildman–Crippen LogP) is 1.76. The van der Waals surface area contributed by atoms with Crippen molar-refractivity contribution in [2.75, 3.05) is 46.1 Å². The molecule has 0 aliphatic carbocycles. The molecule has 4 nitrogen and oxygen atoms in total. The molecule has 0 saturated carbocycles. The number of nitrogens with zero attached hydrogens (tertiary/aromatic N) is 2. The van der Waals surface area contributed by atoms with Crippen molar-refractivity contribution in [3.05, 3.63) is 0 Å². The molecule has 1 heterocycles. The molecule has 1 aliphatic heterocycles. The molecule has 0 radical (unpaired) electrons. The largest absolute Gasteiger partial charge is 0.374 e. The third-order valence-corrected chi connectivity index (χ3v) is 3.47. The van der Waals surface area contributed by atoms with Gasteiger partial charge in [-0.3, -0.25) is 9.69 Å². The lowest BCUT2D eigenvalue weighted by atomic mass is 10.2. The number of rotatable bonds is 4. The third-order valence-electron chi connectivity index (χ3n) is 2.81. The highest BCUT2D eigenvalue weighted by molar-refractivity contribution is 8.12. The van der Waals surface area contributed by atoms with Gasteiger partial charge in [0, 0.05) is 33.2 Å². The molecule has 1 rings (SSSR count). The van der Waals surface area contributed by atoms with Crippen molar-refractivity contribution in [1.82, 2.24) is 9.80 Å². The Labute approximate surface area is 109 Å². The van der Waals surface area contributed by atoms with Crippen molar-refractivity contribution in [1.29, 1.82) is 0 Å². The number of hydrogen-bond acceptors (Lipinski definition) is 4. The zero-order chi connectivity index (χ0) is 12.8. The van der Waals surface area contributed by atoms with Crippen LogP contribution in [0.4, 0.5) is 4.79 Å². The van der Waals surface area contributed by atoms with Crippen molar-refractivity contribution in [3.63, 3.8) is 0 Å². The van der Waals surface area contributed by atoms with E-state index in [1.165, 1.54) is 11.8 Å². The Morgan fingerprint density at radius 2 is 2.29 bits per heavy atom. The van der Waals surface area contributed by atoms with Crippen molar-refractivity contribution >= 4 is 17.0 Å². The smallest absolute Gasteiger partial charge is 0.281 e. The Bertz CT molecular complexity index is 249. The average molecular weight is 260 g/mol. The summed E-state index contributed by atoms with van der Waals surface area (Å²) in [4.78, 5) is 15.6. The van der Waals surface area contributed by atoms with Gasteiger partial charge in [0.05, 0.1) is 12.7 Å². The van der Waals surface area contributed by atoms with Crippen LogP contribution in [-0.2, 0) is 4.74 Å². The number of hydrogen-bond donors (Lipinski definition) is 0. The van der Waals surface area contributed by atoms with Gasteiger partial charge >= 0.3 is 0 Å². The lowest BCUT2D eigenvalue weighted by molar-refractivity contribution is -0.0384. The first-order valence-electron chi connectivity index (χ1n) is 6.16. The molecule has 0 N–H and O–H groups in total. The number of ether oxygens (including phenoxy) is 1. The van der Waals surface area contributed by atoms with Gasteiger partial charge in [-0.2, -0.15) is 0 Å². The molecule has 0 aromatic rings. The van der Waals surface area contributed by atoms with Crippen LogP contribution < -0.4 is 0 Å². The monoisotopic (exact) mass is 260 g/mol. The molecule has 100 valence electrons. The summed E-state index contributed by atoms with van der Waals surface area (Å²) < 4.78 is 5.71. The number of thioether (sulfide) groups is 1. The summed E-state index contributed by atoms with van der Waals surface area (Å²) >= 11 is 1.25. The summed E-state index contributed by atoms with van der Waals surface area (Å²) in [5, 5.41) is 0.106. The summed E-state index contributed by atoms with van der Waals surface area (Å²) in [6, 6.07) is 0. The van der Waals surface area contributed by atoms with Crippen LogP contribution in [-0.4, -0.2) is 67.2 Å². The van der Waals surface area contributed by atoms with E-state index in [1.807, 2.05) is 13.3 Å². The Kier molecular flexibility index (Phi) is 6.30. The van der Waals surface area contributed by atoms with Gasteiger partial charge in [-0.1, -0.05) is 25.6 Å². The number of amides is 1. The lowest BCUT2D eigenvalue weighted by Crippen LogP contribution is -2.48. The summed E-state index contributed by atoms with van der Waals surface area (Å²) in [5.41, 5.74) is 0. The fourth-order valence-electron chi connectivity index (χ4n) is 2.11. The highest BCUT2D eigenvalue weighted by atomic mass is 32.2. The van der Waals surface area contributed by atoms with E-state index in [4.69, 9.17) is 4.74 Å². The second-order valence-corrected chi connectivity index (χ2v) is 5.75. The molecule has 0 bridgehead atoms. The van der Waals surface area contributed by atoms with Crippen LogP contribution in [0.5, 0.6) is 0 Å². The van der Waals surface area contributed by atoms with Crippen molar-refractivity contribution < 1.29 is 9.53 Å². The first kappa shape index (κ1) is 14.8. The van der Waals surface area contributed by atoms with Crippen LogP contribution in [0, 0.1) is 5.92 Å². The molecule has 5 heteroatoms. The molecule has 0 unspecified atom stereocenters. The maximum atomic E-state index is 11.5. The first-order chi connectivity index (χ1) is 8.02. The van der Waals surface area contributed by atoms with Crippen LogP contribution in [0.3, 0.4) is 0 Å². The Morgan fingerprint density at radius 3 is 2.88 bits per heavy atom. The van der Waals surface area contributed by atoms with Crippen molar-refractivity contribution in [3.8, 4) is 0 Å². The minimum atomic E-state index is 0.106. The van der Waals surface area contributed by atoms with E-state index in [-0.39, 0.29) is 11.3 Å². The Morgan fingerprint density at radius 1 is 1.59 bits per heavy atom. The SMILES string of the molecule is CSC(=O)N(C)C[C@H]1CN(CC(C)C)CCO1. The summed E-state index contributed by atoms with van der Waals surface area (Å²) in [6.07, 6.45) is 1.97. The highest BCUT2D eigenvalue weighted by Crippen LogP contribution is 2.11. The van der Waals surface area contributed by atoms with Gasteiger partial charge in [0.25, 0.3) is 5.24 Å². The standard InChI is InChI=1S/C12H24N2O2S/c1-10(2)7-14-5-6-16-11(9-14)8-13(3)12(15)17-4/h10-11H,5-9H2,1-4H3/t11-/m0/s1. The van der Waals surface area contributed by atoms with Gasteiger partial charge in [-0.15, -0.1) is 0 Å². The van der Waals surface area contributed by atoms with Crippen LogP contribution in [0.1, 0.15) is 13.8 Å². The maximum Gasteiger partial charge on any atom is 0.281 e. The molecule has 0 aromatic heterocycles. The zero-order valence-electron chi connectivity index (χ0n) is 11.3. The van der Waals surface area contributed by atoms with Gasteiger partial charge in [0.15, 0.2) is 0 Å². The average Bonchev–Trinajstić information content (AvgIpc) is 2.27. The Hall–Kier alpha value is -0.260. The molecule has 1 amide bonds. The van der Waals surface area contributed by atoms with Gasteiger partial charge in [-0.25, -0.2) is 0 Å². The number of likely N-dealkylation sites (N-methyl/N-ethyl adjacent to an activating group) is 1. The van der Waals surface area contributed by atoms with Crippen LogP contribution in [0.15, 0.2) is 0 Å². The molecule has 0 aromatic carbocycles. The molecule has 1 atom stereocenters. The van der Waals surface area contributed by atoms with Crippen LogP contribution >= 0.6 is 11.8 Å². The molecule has 1 aliphatic rings. The quantitative estimate of drug-likeness (QED) is 0.771. The first-order valence-corrected chi connectivity index (χ1v) is 7.38. The molecule has 1 fully saturated rings. The maximum absolute atomic E-state index is 11.5. The molecular formula is C12H24N2O2S. The summed E-state index contributed by atoms with van der Waals surface area (Å²) in [6.45, 7) is 8.98. The fraction of sp³-hybridized carbons (Fsp3) is 0.917. The summed E-state index contributed by atoms with van der Waals surface area (Å²) in [7, 11) is 1.84. The van der Waals surface area contributed by atoms with Crippen LogP contribution in [0.25, 0.3) is 0 Å². The second kappa shape index (κ2) is 7.24. The minimum absolute atomic E-state index is 0.106. The van der Waals surface area contributed by atoms with Gasteiger partial charge < -0.3 is 9.64 Å².